The van der Waals surface area contributed by atoms with E-state index in [-0.39, 0.29) is 5.91 Å². The van der Waals surface area contributed by atoms with Crippen LogP contribution in [0.15, 0.2) is 46.3 Å². The van der Waals surface area contributed by atoms with Crippen molar-refractivity contribution < 1.29 is 4.79 Å². The van der Waals surface area contributed by atoms with Crippen molar-refractivity contribution in [3.05, 3.63) is 56.7 Å². The highest BCUT2D eigenvalue weighted by atomic mass is 79.9. The third kappa shape index (κ3) is 4.33. The smallest absolute Gasteiger partial charge is 0.248 e. The Hall–Kier alpha value is -1.39. The van der Waals surface area contributed by atoms with Crippen molar-refractivity contribution in [3.8, 4) is 0 Å². The zero-order valence-electron chi connectivity index (χ0n) is 10.5. The molecule has 4 heteroatoms. The Morgan fingerprint density at radius 1 is 1.37 bits per heavy atom. The molecular formula is C15H14BrNOS. The van der Waals surface area contributed by atoms with Crippen LogP contribution in [0.2, 0.25) is 0 Å². The fraction of sp³-hybridized carbons (Fsp3) is 0.133. The average Bonchev–Trinajstić information content (AvgIpc) is 2.82. The van der Waals surface area contributed by atoms with Crippen molar-refractivity contribution in [2.75, 3.05) is 5.32 Å². The molecule has 0 bridgehead atoms. The highest BCUT2D eigenvalue weighted by molar-refractivity contribution is 9.11. The number of hydrogen-bond donors (Lipinski definition) is 1. The lowest BCUT2D eigenvalue weighted by atomic mass is 10.1. The van der Waals surface area contributed by atoms with Crippen molar-refractivity contribution in [1.82, 2.24) is 0 Å². The molecule has 19 heavy (non-hydrogen) atoms. The predicted molar refractivity (Wildman–Crippen MR) is 85.5 cm³/mol. The van der Waals surface area contributed by atoms with Crippen molar-refractivity contribution in [2.24, 2.45) is 0 Å². The third-order valence-corrected chi connectivity index (χ3v) is 4.18. The van der Waals surface area contributed by atoms with Gasteiger partial charge in [0.1, 0.15) is 0 Å². The van der Waals surface area contributed by atoms with Gasteiger partial charge >= 0.3 is 0 Å². The van der Waals surface area contributed by atoms with Gasteiger partial charge in [0.15, 0.2) is 0 Å². The first-order chi connectivity index (χ1) is 9.17. The first-order valence-electron chi connectivity index (χ1n) is 6.00. The topological polar surface area (TPSA) is 29.1 Å². The summed E-state index contributed by atoms with van der Waals surface area (Å²) in [6.07, 6.45) is 4.33. The number of carbonyl (C=O) groups excluding carboxylic acids is 1. The average molecular weight is 336 g/mol. The molecule has 0 atom stereocenters. The molecule has 0 fully saturated rings. The molecule has 2 aromatic rings. The lowest BCUT2D eigenvalue weighted by Crippen LogP contribution is -2.07. The van der Waals surface area contributed by atoms with E-state index in [0.717, 1.165) is 20.8 Å². The monoisotopic (exact) mass is 335 g/mol. The van der Waals surface area contributed by atoms with Crippen LogP contribution in [-0.4, -0.2) is 5.91 Å². The Bertz CT molecular complexity index is 604. The van der Waals surface area contributed by atoms with Gasteiger partial charge in [0, 0.05) is 16.6 Å². The minimum absolute atomic E-state index is 0.113. The highest BCUT2D eigenvalue weighted by Crippen LogP contribution is 2.23. The summed E-state index contributed by atoms with van der Waals surface area (Å²) in [5.74, 6) is -0.113. The molecule has 1 aromatic heterocycles. The molecule has 1 aromatic carbocycles. The molecular weight excluding hydrogens is 322 g/mol. The maximum absolute atomic E-state index is 11.8. The third-order valence-electron chi connectivity index (χ3n) is 2.60. The fourth-order valence-corrected chi connectivity index (χ4v) is 2.95. The van der Waals surface area contributed by atoms with Gasteiger partial charge in [0.05, 0.1) is 3.79 Å². The summed E-state index contributed by atoms with van der Waals surface area (Å²) >= 11 is 4.98. The van der Waals surface area contributed by atoms with Gasteiger partial charge in [-0.25, -0.2) is 0 Å². The van der Waals surface area contributed by atoms with Crippen LogP contribution in [0.1, 0.15) is 17.4 Å². The number of nitrogens with one attached hydrogen (secondary N) is 1. The summed E-state index contributed by atoms with van der Waals surface area (Å²) in [5, 5.41) is 2.86. The van der Waals surface area contributed by atoms with Gasteiger partial charge in [0.25, 0.3) is 0 Å². The molecule has 1 amide bonds. The quantitative estimate of drug-likeness (QED) is 0.804. The summed E-state index contributed by atoms with van der Waals surface area (Å²) in [6, 6.07) is 11.8. The molecule has 0 radical (unpaired) electrons. The number of halogens is 1. The Morgan fingerprint density at radius 3 is 2.89 bits per heavy atom. The zero-order valence-corrected chi connectivity index (χ0v) is 12.9. The van der Waals surface area contributed by atoms with Gasteiger partial charge in [0.2, 0.25) is 5.91 Å². The number of carbonyl (C=O) groups is 1. The van der Waals surface area contributed by atoms with E-state index in [1.54, 1.807) is 17.4 Å². The first kappa shape index (κ1) is 14.0. The van der Waals surface area contributed by atoms with Crippen LogP contribution in [0.3, 0.4) is 0 Å². The van der Waals surface area contributed by atoms with Gasteiger partial charge in [-0.2, -0.15) is 0 Å². The lowest BCUT2D eigenvalue weighted by molar-refractivity contribution is -0.111. The Labute approximate surface area is 125 Å². The molecule has 1 heterocycles. The Morgan fingerprint density at radius 2 is 2.21 bits per heavy atom. The molecule has 0 saturated carbocycles. The number of anilines is 1. The molecule has 2 rings (SSSR count). The fourth-order valence-electron chi connectivity index (χ4n) is 1.63. The summed E-state index contributed by atoms with van der Waals surface area (Å²) in [4.78, 5) is 12.8. The number of aryl methyl sites for hydroxylation is 1. The van der Waals surface area contributed by atoms with Gasteiger partial charge in [-0.1, -0.05) is 19.1 Å². The molecule has 0 aliphatic rings. The standard InChI is InChI=1S/C15H14BrNOS/c1-2-11-4-3-5-12(10-11)17-15(18)9-7-13-6-8-14(16)19-13/h3-10H,2H2,1H3,(H,17,18)/b9-7+. The first-order valence-corrected chi connectivity index (χ1v) is 7.61. The normalized spacial score (nSPS) is 10.8. The number of amides is 1. The number of hydrogen-bond acceptors (Lipinski definition) is 2. The van der Waals surface area contributed by atoms with Crippen molar-refractivity contribution in [3.63, 3.8) is 0 Å². The van der Waals surface area contributed by atoms with E-state index in [1.165, 1.54) is 5.56 Å². The molecule has 98 valence electrons. The second kappa shape index (κ2) is 6.68. The number of rotatable bonds is 4. The molecule has 2 nitrogen and oxygen atoms in total. The van der Waals surface area contributed by atoms with Gasteiger partial charge < -0.3 is 5.32 Å². The molecule has 0 unspecified atom stereocenters. The largest absolute Gasteiger partial charge is 0.323 e. The summed E-state index contributed by atoms with van der Waals surface area (Å²) in [5.41, 5.74) is 2.05. The Kier molecular flexibility index (Phi) is 4.93. The van der Waals surface area contributed by atoms with Crippen LogP contribution in [0.25, 0.3) is 6.08 Å². The van der Waals surface area contributed by atoms with E-state index in [2.05, 4.69) is 34.2 Å². The van der Waals surface area contributed by atoms with E-state index >= 15 is 0 Å². The van der Waals surface area contributed by atoms with E-state index in [0.29, 0.717) is 0 Å². The second-order valence-electron chi connectivity index (χ2n) is 4.02. The van der Waals surface area contributed by atoms with Gasteiger partial charge in [-0.15, -0.1) is 11.3 Å². The summed E-state index contributed by atoms with van der Waals surface area (Å²) < 4.78 is 1.06. The second-order valence-corrected chi connectivity index (χ2v) is 6.51. The van der Waals surface area contributed by atoms with Crippen molar-refractivity contribution >= 4 is 44.9 Å². The van der Waals surface area contributed by atoms with Crippen LogP contribution in [0.5, 0.6) is 0 Å². The Balaban J connectivity index is 1.99. The predicted octanol–water partition coefficient (Wildman–Crippen LogP) is 4.72. The zero-order chi connectivity index (χ0) is 13.7. The maximum Gasteiger partial charge on any atom is 0.248 e. The SMILES string of the molecule is CCc1cccc(NC(=O)/C=C/c2ccc(Br)s2)c1. The lowest BCUT2D eigenvalue weighted by Gasteiger charge is -2.03. The minimum atomic E-state index is -0.113. The maximum atomic E-state index is 11.8. The van der Waals surface area contributed by atoms with Crippen LogP contribution < -0.4 is 5.32 Å². The van der Waals surface area contributed by atoms with E-state index < -0.39 is 0 Å². The summed E-state index contributed by atoms with van der Waals surface area (Å²) in [6.45, 7) is 2.09. The minimum Gasteiger partial charge on any atom is -0.323 e. The summed E-state index contributed by atoms with van der Waals surface area (Å²) in [7, 11) is 0. The van der Waals surface area contributed by atoms with E-state index in [4.69, 9.17) is 0 Å². The van der Waals surface area contributed by atoms with Gasteiger partial charge in [-0.3, -0.25) is 4.79 Å². The highest BCUT2D eigenvalue weighted by Gasteiger charge is 1.99. The van der Waals surface area contributed by atoms with E-state index in [1.807, 2.05) is 36.4 Å². The van der Waals surface area contributed by atoms with Crippen LogP contribution in [0.4, 0.5) is 5.69 Å². The number of thiophene rings is 1. The van der Waals surface area contributed by atoms with Crippen LogP contribution >= 0.6 is 27.3 Å². The van der Waals surface area contributed by atoms with Crippen LogP contribution in [-0.2, 0) is 11.2 Å². The molecule has 0 aliphatic heterocycles. The molecule has 0 spiro atoms. The van der Waals surface area contributed by atoms with E-state index in [9.17, 15) is 4.79 Å². The van der Waals surface area contributed by atoms with Gasteiger partial charge in [-0.05, 0) is 58.3 Å². The molecule has 0 aliphatic carbocycles. The number of benzene rings is 1. The molecule has 1 N–H and O–H groups in total. The van der Waals surface area contributed by atoms with Crippen LogP contribution in [0, 0.1) is 0 Å². The van der Waals surface area contributed by atoms with Crippen molar-refractivity contribution in [2.45, 2.75) is 13.3 Å². The molecule has 0 saturated heterocycles. The van der Waals surface area contributed by atoms with Crippen molar-refractivity contribution in [1.29, 1.82) is 0 Å².